The van der Waals surface area contributed by atoms with Crippen molar-refractivity contribution in [3.8, 4) is 0 Å². The number of hydrogen-bond acceptors (Lipinski definition) is 2. The molecule has 1 atom stereocenters. The van der Waals surface area contributed by atoms with E-state index in [1.54, 1.807) is 29.5 Å². The van der Waals surface area contributed by atoms with E-state index in [1.165, 1.54) is 5.56 Å². The van der Waals surface area contributed by atoms with Crippen molar-refractivity contribution in [2.45, 2.75) is 19.4 Å². The maximum atomic E-state index is 13.9. The van der Waals surface area contributed by atoms with E-state index in [4.69, 9.17) is 11.6 Å². The van der Waals surface area contributed by atoms with Crippen LogP contribution in [0.1, 0.15) is 24.1 Å². The minimum absolute atomic E-state index is 0.134. The van der Waals surface area contributed by atoms with Crippen LogP contribution in [0, 0.1) is 5.82 Å². The SMILES string of the molecule is CCNC(Cc1cccc(Cl)c1F)c1ccsc1. The summed E-state index contributed by atoms with van der Waals surface area (Å²) in [6, 6.07) is 7.36. The molecular weight excluding hydrogens is 269 g/mol. The second kappa shape index (κ2) is 6.32. The predicted molar refractivity (Wildman–Crippen MR) is 75.9 cm³/mol. The van der Waals surface area contributed by atoms with Crippen molar-refractivity contribution < 1.29 is 4.39 Å². The fraction of sp³-hybridized carbons (Fsp3) is 0.286. The highest BCUT2D eigenvalue weighted by atomic mass is 35.5. The molecule has 1 heterocycles. The highest BCUT2D eigenvalue weighted by Crippen LogP contribution is 2.25. The molecule has 0 amide bonds. The van der Waals surface area contributed by atoms with Gasteiger partial charge in [-0.3, -0.25) is 0 Å². The fourth-order valence-corrected chi connectivity index (χ4v) is 2.86. The van der Waals surface area contributed by atoms with E-state index >= 15 is 0 Å². The number of halogens is 2. The van der Waals surface area contributed by atoms with Gasteiger partial charge in [-0.2, -0.15) is 11.3 Å². The van der Waals surface area contributed by atoms with Crippen molar-refractivity contribution in [3.63, 3.8) is 0 Å². The lowest BCUT2D eigenvalue weighted by Crippen LogP contribution is -2.22. The number of likely N-dealkylation sites (N-methyl/N-ethyl adjacent to an activating group) is 1. The Labute approximate surface area is 116 Å². The third-order valence-electron chi connectivity index (χ3n) is 2.85. The van der Waals surface area contributed by atoms with Crippen molar-refractivity contribution in [2.75, 3.05) is 6.54 Å². The van der Waals surface area contributed by atoms with Gasteiger partial charge in [-0.1, -0.05) is 30.7 Å². The first-order valence-corrected chi connectivity index (χ1v) is 7.22. The van der Waals surface area contributed by atoms with Gasteiger partial charge in [0.05, 0.1) is 5.02 Å². The molecule has 0 bridgehead atoms. The van der Waals surface area contributed by atoms with Crippen molar-refractivity contribution >= 4 is 22.9 Å². The van der Waals surface area contributed by atoms with Crippen LogP contribution < -0.4 is 5.32 Å². The summed E-state index contributed by atoms with van der Waals surface area (Å²) in [5.41, 5.74) is 1.85. The molecule has 0 aliphatic carbocycles. The normalized spacial score (nSPS) is 12.6. The minimum atomic E-state index is -0.308. The van der Waals surface area contributed by atoms with Crippen LogP contribution in [0.4, 0.5) is 4.39 Å². The minimum Gasteiger partial charge on any atom is -0.310 e. The van der Waals surface area contributed by atoms with E-state index in [0.717, 1.165) is 6.54 Å². The molecule has 4 heteroatoms. The van der Waals surface area contributed by atoms with Crippen LogP contribution in [0.15, 0.2) is 35.0 Å². The third kappa shape index (κ3) is 3.10. The molecule has 1 unspecified atom stereocenters. The topological polar surface area (TPSA) is 12.0 Å². The van der Waals surface area contributed by atoms with Crippen molar-refractivity contribution in [1.29, 1.82) is 0 Å². The van der Waals surface area contributed by atoms with E-state index in [2.05, 4.69) is 16.8 Å². The summed E-state index contributed by atoms with van der Waals surface area (Å²) >= 11 is 7.46. The largest absolute Gasteiger partial charge is 0.310 e. The van der Waals surface area contributed by atoms with E-state index in [0.29, 0.717) is 12.0 Å². The Hall–Kier alpha value is -0.900. The summed E-state index contributed by atoms with van der Waals surface area (Å²) < 4.78 is 13.9. The van der Waals surface area contributed by atoms with Crippen LogP contribution in [0.5, 0.6) is 0 Å². The van der Waals surface area contributed by atoms with E-state index in [-0.39, 0.29) is 16.9 Å². The maximum Gasteiger partial charge on any atom is 0.145 e. The first-order chi connectivity index (χ1) is 8.72. The molecule has 0 fully saturated rings. The highest BCUT2D eigenvalue weighted by molar-refractivity contribution is 7.07. The van der Waals surface area contributed by atoms with Gasteiger partial charge < -0.3 is 5.32 Å². The maximum absolute atomic E-state index is 13.9. The molecule has 2 aromatic rings. The van der Waals surface area contributed by atoms with Crippen LogP contribution in [0.25, 0.3) is 0 Å². The quantitative estimate of drug-likeness (QED) is 0.856. The summed E-state index contributed by atoms with van der Waals surface area (Å²) in [5, 5.41) is 7.69. The Balaban J connectivity index is 2.21. The molecule has 0 spiro atoms. The molecule has 0 saturated heterocycles. The smallest absolute Gasteiger partial charge is 0.145 e. The van der Waals surface area contributed by atoms with Gasteiger partial charge in [-0.25, -0.2) is 4.39 Å². The standard InChI is InChI=1S/C14H15ClFNS/c1-2-17-13(11-6-7-18-9-11)8-10-4-3-5-12(15)14(10)16/h3-7,9,13,17H,2,8H2,1H3. The average molecular weight is 284 g/mol. The Kier molecular flexibility index (Phi) is 4.75. The molecule has 0 saturated carbocycles. The van der Waals surface area contributed by atoms with E-state index in [9.17, 15) is 4.39 Å². The van der Waals surface area contributed by atoms with Gasteiger partial charge >= 0.3 is 0 Å². The molecule has 2 rings (SSSR count). The van der Waals surface area contributed by atoms with Crippen LogP contribution in [-0.2, 0) is 6.42 Å². The van der Waals surface area contributed by atoms with Gasteiger partial charge in [-0.15, -0.1) is 0 Å². The van der Waals surface area contributed by atoms with Crippen LogP contribution in [0.3, 0.4) is 0 Å². The molecule has 1 N–H and O–H groups in total. The monoisotopic (exact) mass is 283 g/mol. The molecule has 1 aromatic heterocycles. The van der Waals surface area contributed by atoms with Gasteiger partial charge in [-0.05, 0) is 47.0 Å². The Morgan fingerprint density at radius 1 is 1.39 bits per heavy atom. The molecule has 0 radical (unpaired) electrons. The summed E-state index contributed by atoms with van der Waals surface area (Å²) in [6.45, 7) is 2.90. The van der Waals surface area contributed by atoms with Crippen molar-refractivity contribution in [3.05, 3.63) is 57.0 Å². The van der Waals surface area contributed by atoms with Crippen molar-refractivity contribution in [1.82, 2.24) is 5.32 Å². The molecule has 1 aromatic carbocycles. The lowest BCUT2D eigenvalue weighted by molar-refractivity contribution is 0.529. The summed E-state index contributed by atoms with van der Waals surface area (Å²) in [4.78, 5) is 0. The number of rotatable bonds is 5. The second-order valence-corrected chi connectivity index (χ2v) is 5.27. The zero-order valence-electron chi connectivity index (χ0n) is 10.1. The number of thiophene rings is 1. The van der Waals surface area contributed by atoms with Crippen LogP contribution in [0.2, 0.25) is 5.02 Å². The first kappa shape index (κ1) is 13.5. The van der Waals surface area contributed by atoms with Crippen LogP contribution in [-0.4, -0.2) is 6.54 Å². The lowest BCUT2D eigenvalue weighted by atomic mass is 10.0. The first-order valence-electron chi connectivity index (χ1n) is 5.90. The fourth-order valence-electron chi connectivity index (χ4n) is 1.95. The van der Waals surface area contributed by atoms with Gasteiger partial charge in [0, 0.05) is 6.04 Å². The van der Waals surface area contributed by atoms with Crippen LogP contribution >= 0.6 is 22.9 Å². The second-order valence-electron chi connectivity index (χ2n) is 4.08. The summed E-state index contributed by atoms with van der Waals surface area (Å²) in [5.74, 6) is -0.308. The molecule has 96 valence electrons. The Morgan fingerprint density at radius 2 is 2.22 bits per heavy atom. The van der Waals surface area contributed by atoms with Gasteiger partial charge in [0.15, 0.2) is 0 Å². The van der Waals surface area contributed by atoms with E-state index < -0.39 is 0 Å². The number of hydrogen-bond donors (Lipinski definition) is 1. The molecule has 0 aliphatic heterocycles. The number of benzene rings is 1. The van der Waals surface area contributed by atoms with Gasteiger partial charge in [0.2, 0.25) is 0 Å². The third-order valence-corrected chi connectivity index (χ3v) is 3.85. The zero-order chi connectivity index (χ0) is 13.0. The summed E-state index contributed by atoms with van der Waals surface area (Å²) in [7, 11) is 0. The highest BCUT2D eigenvalue weighted by Gasteiger charge is 2.15. The van der Waals surface area contributed by atoms with Gasteiger partial charge in [0.1, 0.15) is 5.82 Å². The van der Waals surface area contributed by atoms with E-state index in [1.807, 2.05) is 12.3 Å². The van der Waals surface area contributed by atoms with Gasteiger partial charge in [0.25, 0.3) is 0 Å². The molecular formula is C14H15ClFNS. The predicted octanol–water partition coefficient (Wildman–Crippen LogP) is 4.43. The number of nitrogens with one attached hydrogen (secondary N) is 1. The Bertz CT molecular complexity index is 499. The molecule has 0 aliphatic rings. The Morgan fingerprint density at radius 3 is 2.89 bits per heavy atom. The molecule has 18 heavy (non-hydrogen) atoms. The lowest BCUT2D eigenvalue weighted by Gasteiger charge is -2.17. The zero-order valence-corrected chi connectivity index (χ0v) is 11.7. The molecule has 1 nitrogen and oxygen atoms in total. The average Bonchev–Trinajstić information content (AvgIpc) is 2.88. The summed E-state index contributed by atoms with van der Waals surface area (Å²) in [6.07, 6.45) is 0.608. The van der Waals surface area contributed by atoms with Crippen molar-refractivity contribution in [2.24, 2.45) is 0 Å².